The molecule has 0 amide bonds. The summed E-state index contributed by atoms with van der Waals surface area (Å²) < 4.78 is 12.8. The minimum absolute atomic E-state index is 0.238. The number of hydrogen-bond acceptors (Lipinski definition) is 1. The quantitative estimate of drug-likeness (QED) is 0.851. The van der Waals surface area contributed by atoms with E-state index in [2.05, 4.69) is 5.32 Å². The van der Waals surface area contributed by atoms with E-state index in [0.717, 1.165) is 11.3 Å². The Morgan fingerprint density at radius 2 is 1.75 bits per heavy atom. The highest BCUT2D eigenvalue weighted by Gasteiger charge is 2.05. The van der Waals surface area contributed by atoms with Gasteiger partial charge in [-0.15, -0.1) is 0 Å². The monoisotopic (exact) mass is 308 g/mol. The average Bonchev–Trinajstić information content (AvgIpc) is 2.44. The topological polar surface area (TPSA) is 15.3 Å². The van der Waals surface area contributed by atoms with Gasteiger partial charge in [-0.1, -0.05) is 23.7 Å². The summed E-state index contributed by atoms with van der Waals surface area (Å²) in [6.07, 6.45) is 0. The third kappa shape index (κ3) is 4.18. The normalized spacial score (nSPS) is 10.2. The Morgan fingerprint density at radius 3 is 2.35 bits per heavy atom. The van der Waals surface area contributed by atoms with Crippen LogP contribution in [-0.2, 0) is 6.54 Å². The van der Waals surface area contributed by atoms with Gasteiger partial charge in [-0.25, -0.2) is 4.39 Å². The summed E-state index contributed by atoms with van der Waals surface area (Å²) >= 11 is 11.2. The van der Waals surface area contributed by atoms with E-state index in [4.69, 9.17) is 23.8 Å². The standard InChI is InChI=1S/C15H14ClFN2S/c1-19(10-11-2-6-13(17)7-3-11)15(20)18-14-8-4-12(16)5-9-14/h2-9H,10H2,1H3,(H,18,20). The van der Waals surface area contributed by atoms with Gasteiger partial charge in [0.1, 0.15) is 5.82 Å². The van der Waals surface area contributed by atoms with E-state index >= 15 is 0 Å². The zero-order valence-corrected chi connectivity index (χ0v) is 12.5. The first-order chi connectivity index (χ1) is 9.54. The lowest BCUT2D eigenvalue weighted by Gasteiger charge is -2.21. The second kappa shape index (κ2) is 6.68. The molecule has 0 bridgehead atoms. The van der Waals surface area contributed by atoms with Crippen molar-refractivity contribution in [2.45, 2.75) is 6.54 Å². The molecule has 0 saturated carbocycles. The summed E-state index contributed by atoms with van der Waals surface area (Å²) in [5.41, 5.74) is 1.87. The van der Waals surface area contributed by atoms with Gasteiger partial charge >= 0.3 is 0 Å². The van der Waals surface area contributed by atoms with Gasteiger partial charge in [-0.3, -0.25) is 0 Å². The van der Waals surface area contributed by atoms with Crippen molar-refractivity contribution in [3.63, 3.8) is 0 Å². The molecule has 1 N–H and O–H groups in total. The van der Waals surface area contributed by atoms with Crippen molar-refractivity contribution in [3.8, 4) is 0 Å². The van der Waals surface area contributed by atoms with Crippen LogP contribution in [0.3, 0.4) is 0 Å². The lowest BCUT2D eigenvalue weighted by atomic mass is 10.2. The molecule has 0 unspecified atom stereocenters. The summed E-state index contributed by atoms with van der Waals surface area (Å²) in [7, 11) is 1.88. The Bertz CT molecular complexity index is 584. The van der Waals surface area contributed by atoms with Crippen molar-refractivity contribution >= 4 is 34.6 Å². The highest BCUT2D eigenvalue weighted by molar-refractivity contribution is 7.80. The first kappa shape index (κ1) is 14.8. The lowest BCUT2D eigenvalue weighted by Crippen LogP contribution is -2.30. The molecule has 0 fully saturated rings. The maximum atomic E-state index is 12.8. The molecule has 0 aromatic heterocycles. The first-order valence-corrected chi connectivity index (χ1v) is 6.85. The van der Waals surface area contributed by atoms with E-state index in [0.29, 0.717) is 16.7 Å². The number of nitrogens with one attached hydrogen (secondary N) is 1. The van der Waals surface area contributed by atoms with Crippen LogP contribution < -0.4 is 5.32 Å². The summed E-state index contributed by atoms with van der Waals surface area (Å²) in [6, 6.07) is 13.7. The summed E-state index contributed by atoms with van der Waals surface area (Å²) in [5.74, 6) is -0.238. The highest BCUT2D eigenvalue weighted by atomic mass is 35.5. The molecule has 0 aliphatic carbocycles. The van der Waals surface area contributed by atoms with Gasteiger partial charge in [-0.2, -0.15) is 0 Å². The van der Waals surface area contributed by atoms with Crippen LogP contribution in [0.1, 0.15) is 5.56 Å². The second-order valence-electron chi connectivity index (χ2n) is 4.42. The van der Waals surface area contributed by atoms with Gasteiger partial charge in [0.05, 0.1) is 0 Å². The van der Waals surface area contributed by atoms with Gasteiger partial charge in [-0.05, 0) is 54.2 Å². The number of rotatable bonds is 3. The van der Waals surface area contributed by atoms with Crippen molar-refractivity contribution in [1.29, 1.82) is 0 Å². The van der Waals surface area contributed by atoms with Gasteiger partial charge in [0.15, 0.2) is 5.11 Å². The molecule has 2 nitrogen and oxygen atoms in total. The fourth-order valence-electron chi connectivity index (χ4n) is 1.69. The van der Waals surface area contributed by atoms with E-state index < -0.39 is 0 Å². The molecule has 0 aliphatic rings. The number of thiocarbonyl (C=S) groups is 1. The van der Waals surface area contributed by atoms with Crippen LogP contribution in [0, 0.1) is 5.82 Å². The molecule has 0 heterocycles. The van der Waals surface area contributed by atoms with Gasteiger partial charge in [0, 0.05) is 24.3 Å². The minimum Gasteiger partial charge on any atom is -0.348 e. The predicted molar refractivity (Wildman–Crippen MR) is 85.5 cm³/mol. The number of halogens is 2. The zero-order chi connectivity index (χ0) is 14.5. The number of anilines is 1. The van der Waals surface area contributed by atoms with E-state index in [1.54, 1.807) is 24.3 Å². The second-order valence-corrected chi connectivity index (χ2v) is 5.24. The molecular weight excluding hydrogens is 295 g/mol. The minimum atomic E-state index is -0.238. The van der Waals surface area contributed by atoms with E-state index in [9.17, 15) is 4.39 Å². The van der Waals surface area contributed by atoms with Crippen LogP contribution in [0.15, 0.2) is 48.5 Å². The van der Waals surface area contributed by atoms with Crippen LogP contribution in [-0.4, -0.2) is 17.1 Å². The number of hydrogen-bond donors (Lipinski definition) is 1. The van der Waals surface area contributed by atoms with Crippen molar-refractivity contribution in [2.75, 3.05) is 12.4 Å². The Morgan fingerprint density at radius 1 is 1.15 bits per heavy atom. The Hall–Kier alpha value is -1.65. The SMILES string of the molecule is CN(Cc1ccc(F)cc1)C(=S)Nc1ccc(Cl)cc1. The van der Waals surface area contributed by atoms with Crippen LogP contribution in [0.2, 0.25) is 5.02 Å². The average molecular weight is 309 g/mol. The van der Waals surface area contributed by atoms with E-state index in [1.165, 1.54) is 12.1 Å². The maximum Gasteiger partial charge on any atom is 0.173 e. The van der Waals surface area contributed by atoms with Crippen LogP contribution in [0.25, 0.3) is 0 Å². The van der Waals surface area contributed by atoms with Crippen LogP contribution in [0.5, 0.6) is 0 Å². The molecule has 20 heavy (non-hydrogen) atoms. The molecule has 104 valence electrons. The smallest absolute Gasteiger partial charge is 0.173 e. The molecule has 0 radical (unpaired) electrons. The van der Waals surface area contributed by atoms with Crippen molar-refractivity contribution in [1.82, 2.24) is 4.90 Å². The third-order valence-electron chi connectivity index (χ3n) is 2.78. The van der Waals surface area contributed by atoms with Gasteiger partial charge in [0.25, 0.3) is 0 Å². The predicted octanol–water partition coefficient (Wildman–Crippen LogP) is 4.31. The largest absolute Gasteiger partial charge is 0.348 e. The Kier molecular flexibility index (Phi) is 4.93. The lowest BCUT2D eigenvalue weighted by molar-refractivity contribution is 0.507. The van der Waals surface area contributed by atoms with Crippen LogP contribution in [0.4, 0.5) is 10.1 Å². The van der Waals surface area contributed by atoms with Gasteiger partial charge < -0.3 is 10.2 Å². The van der Waals surface area contributed by atoms with Crippen LogP contribution >= 0.6 is 23.8 Å². The maximum absolute atomic E-state index is 12.8. The molecule has 0 spiro atoms. The molecular formula is C15H14ClFN2S. The molecule has 0 atom stereocenters. The Labute approximate surface area is 128 Å². The molecule has 2 rings (SSSR count). The molecule has 5 heteroatoms. The summed E-state index contributed by atoms with van der Waals surface area (Å²) in [4.78, 5) is 1.89. The zero-order valence-electron chi connectivity index (χ0n) is 10.9. The molecule has 2 aromatic carbocycles. The molecule has 0 aliphatic heterocycles. The van der Waals surface area contributed by atoms with Gasteiger partial charge in [0.2, 0.25) is 0 Å². The summed E-state index contributed by atoms with van der Waals surface area (Å²) in [5, 5.41) is 4.40. The van der Waals surface area contributed by atoms with E-state index in [1.807, 2.05) is 24.1 Å². The number of benzene rings is 2. The Balaban J connectivity index is 1.94. The molecule has 2 aromatic rings. The first-order valence-electron chi connectivity index (χ1n) is 6.07. The van der Waals surface area contributed by atoms with Crippen molar-refractivity contribution in [2.24, 2.45) is 0 Å². The fraction of sp³-hybridized carbons (Fsp3) is 0.133. The van der Waals surface area contributed by atoms with Crippen molar-refractivity contribution < 1.29 is 4.39 Å². The van der Waals surface area contributed by atoms with E-state index in [-0.39, 0.29) is 5.82 Å². The molecule has 0 saturated heterocycles. The summed E-state index contributed by atoms with van der Waals surface area (Å²) in [6.45, 7) is 0.611. The van der Waals surface area contributed by atoms with Crippen molar-refractivity contribution in [3.05, 3.63) is 64.9 Å². The highest BCUT2D eigenvalue weighted by Crippen LogP contribution is 2.14. The fourth-order valence-corrected chi connectivity index (χ4v) is 2.00. The number of nitrogens with zero attached hydrogens (tertiary/aromatic N) is 1. The third-order valence-corrected chi connectivity index (χ3v) is 3.44.